The van der Waals surface area contributed by atoms with Crippen LogP contribution < -0.4 is 4.90 Å². The summed E-state index contributed by atoms with van der Waals surface area (Å²) >= 11 is 3.83. The zero-order valence-corrected chi connectivity index (χ0v) is 27.0. The molecule has 0 N–H and O–H groups in total. The molecule has 0 aliphatic heterocycles. The number of hydrogen-bond acceptors (Lipinski definition) is 3. The van der Waals surface area contributed by atoms with Crippen molar-refractivity contribution in [3.8, 4) is 11.1 Å². The lowest BCUT2D eigenvalue weighted by Crippen LogP contribution is -2.09. The van der Waals surface area contributed by atoms with Crippen molar-refractivity contribution in [1.82, 2.24) is 0 Å². The molecule has 10 rings (SSSR count). The normalized spacial score (nSPS) is 11.8. The Morgan fingerprint density at radius 1 is 0.362 bits per heavy atom. The van der Waals surface area contributed by atoms with E-state index < -0.39 is 0 Å². The Morgan fingerprint density at radius 2 is 1.00 bits per heavy atom. The van der Waals surface area contributed by atoms with E-state index in [1.165, 1.54) is 73.0 Å². The first-order valence-electron chi connectivity index (χ1n) is 15.9. The van der Waals surface area contributed by atoms with E-state index in [2.05, 4.69) is 169 Å². The number of nitrogens with zero attached hydrogens (tertiary/aromatic N) is 1. The first-order chi connectivity index (χ1) is 23.3. The van der Waals surface area contributed by atoms with Gasteiger partial charge in [0.25, 0.3) is 0 Å². The summed E-state index contributed by atoms with van der Waals surface area (Å²) in [6, 6.07) is 59.9. The zero-order valence-electron chi connectivity index (χ0n) is 25.4. The molecule has 0 atom stereocenters. The molecule has 10 aromatic rings. The molecule has 2 heterocycles. The minimum absolute atomic E-state index is 1.14. The van der Waals surface area contributed by atoms with Crippen molar-refractivity contribution >= 4 is 102 Å². The molecule has 0 saturated carbocycles. The van der Waals surface area contributed by atoms with Gasteiger partial charge >= 0.3 is 0 Å². The Balaban J connectivity index is 1.16. The molecule has 2 aromatic heterocycles. The van der Waals surface area contributed by atoms with Crippen molar-refractivity contribution < 1.29 is 0 Å². The van der Waals surface area contributed by atoms with Gasteiger partial charge in [-0.1, -0.05) is 115 Å². The lowest BCUT2D eigenvalue weighted by molar-refractivity contribution is 1.29. The summed E-state index contributed by atoms with van der Waals surface area (Å²) in [6.07, 6.45) is 0. The fourth-order valence-corrected chi connectivity index (χ4v) is 9.80. The molecule has 3 heteroatoms. The SMILES string of the molecule is c1ccc(N(c2ccc(-c3cccc4ccccc34)cc2)c2ccc3sc4ccc5c6ccc7ccccc7c6sc5c4c3c2)cc1. The highest BCUT2D eigenvalue weighted by atomic mass is 32.1. The predicted molar refractivity (Wildman–Crippen MR) is 207 cm³/mol. The average molecular weight is 634 g/mol. The molecule has 220 valence electrons. The third-order valence-corrected chi connectivity index (χ3v) is 11.9. The smallest absolute Gasteiger partial charge is 0.0468 e. The molecular formula is C44H27NS2. The maximum absolute atomic E-state index is 2.40. The summed E-state index contributed by atoms with van der Waals surface area (Å²) < 4.78 is 5.41. The highest BCUT2D eigenvalue weighted by molar-refractivity contribution is 7.30. The molecule has 0 fully saturated rings. The first-order valence-corrected chi connectivity index (χ1v) is 17.6. The monoisotopic (exact) mass is 633 g/mol. The van der Waals surface area contributed by atoms with Gasteiger partial charge in [-0.15, -0.1) is 22.7 Å². The van der Waals surface area contributed by atoms with E-state index in [9.17, 15) is 0 Å². The third-order valence-electron chi connectivity index (χ3n) is 9.44. The van der Waals surface area contributed by atoms with Crippen LogP contribution in [0.2, 0.25) is 0 Å². The van der Waals surface area contributed by atoms with Crippen LogP contribution in [0.1, 0.15) is 0 Å². The average Bonchev–Trinajstić information content (AvgIpc) is 3.71. The Labute approximate surface area is 280 Å². The van der Waals surface area contributed by atoms with Gasteiger partial charge in [0.15, 0.2) is 0 Å². The molecule has 0 aliphatic rings. The molecule has 47 heavy (non-hydrogen) atoms. The summed E-state index contributed by atoms with van der Waals surface area (Å²) in [4.78, 5) is 2.38. The van der Waals surface area contributed by atoms with Gasteiger partial charge in [-0.25, -0.2) is 0 Å². The second-order valence-corrected chi connectivity index (χ2v) is 14.2. The zero-order chi connectivity index (χ0) is 30.9. The summed E-state index contributed by atoms with van der Waals surface area (Å²) in [6.45, 7) is 0. The van der Waals surface area contributed by atoms with Gasteiger partial charge in [0.05, 0.1) is 0 Å². The van der Waals surface area contributed by atoms with Crippen LogP contribution >= 0.6 is 22.7 Å². The van der Waals surface area contributed by atoms with E-state index in [1.807, 2.05) is 22.7 Å². The maximum Gasteiger partial charge on any atom is 0.0468 e. The van der Waals surface area contributed by atoms with Crippen molar-refractivity contribution in [2.45, 2.75) is 0 Å². The van der Waals surface area contributed by atoms with Crippen molar-refractivity contribution in [3.63, 3.8) is 0 Å². The number of hydrogen-bond donors (Lipinski definition) is 0. The molecule has 0 radical (unpaired) electrons. The summed E-state index contributed by atoms with van der Waals surface area (Å²) in [5.74, 6) is 0. The second-order valence-electron chi connectivity index (χ2n) is 12.1. The van der Waals surface area contributed by atoms with Crippen LogP contribution in [0.4, 0.5) is 17.1 Å². The van der Waals surface area contributed by atoms with Crippen LogP contribution in [0.15, 0.2) is 164 Å². The fourth-order valence-electron chi connectivity index (χ4n) is 7.24. The number of anilines is 3. The van der Waals surface area contributed by atoms with Crippen LogP contribution in [-0.4, -0.2) is 0 Å². The van der Waals surface area contributed by atoms with Crippen LogP contribution in [0.3, 0.4) is 0 Å². The molecular weight excluding hydrogens is 607 g/mol. The van der Waals surface area contributed by atoms with E-state index in [0.717, 1.165) is 17.1 Å². The Hall–Kier alpha value is -5.48. The molecule has 1 nitrogen and oxygen atoms in total. The highest BCUT2D eigenvalue weighted by Crippen LogP contribution is 2.47. The maximum atomic E-state index is 2.40. The molecule has 0 unspecified atom stereocenters. The predicted octanol–water partition coefficient (Wildman–Crippen LogP) is 13.9. The van der Waals surface area contributed by atoms with E-state index >= 15 is 0 Å². The molecule has 0 saturated heterocycles. The van der Waals surface area contributed by atoms with Crippen molar-refractivity contribution in [2.75, 3.05) is 4.90 Å². The van der Waals surface area contributed by atoms with Gasteiger partial charge in [-0.3, -0.25) is 0 Å². The number of fused-ring (bicyclic) bond motifs is 10. The molecule has 8 aromatic carbocycles. The van der Waals surface area contributed by atoms with Crippen molar-refractivity contribution in [2.24, 2.45) is 0 Å². The third kappa shape index (κ3) is 4.21. The largest absolute Gasteiger partial charge is 0.310 e. The second kappa shape index (κ2) is 10.5. The summed E-state index contributed by atoms with van der Waals surface area (Å²) in [5, 5.41) is 10.5. The minimum atomic E-state index is 1.14. The standard InChI is InChI=1S/C44H27NS2/c1-2-12-31(13-3-1)45(32-20-17-30(18-21-32)35-16-8-11-28-9-4-6-14-34(28)35)33-22-25-40-39(27-33)42-41(46-40)26-24-38-37-23-19-29-10-5-7-15-36(29)43(37)47-44(38)42/h1-27H. The lowest BCUT2D eigenvalue weighted by Gasteiger charge is -2.26. The minimum Gasteiger partial charge on any atom is -0.310 e. The van der Waals surface area contributed by atoms with Gasteiger partial charge in [0, 0.05) is 57.4 Å². The van der Waals surface area contributed by atoms with Crippen molar-refractivity contribution in [1.29, 1.82) is 0 Å². The fraction of sp³-hybridized carbons (Fsp3) is 0. The molecule has 0 aliphatic carbocycles. The Bertz CT molecular complexity index is 2780. The van der Waals surface area contributed by atoms with Gasteiger partial charge in [0.2, 0.25) is 0 Å². The van der Waals surface area contributed by atoms with E-state index in [4.69, 9.17) is 0 Å². The van der Waals surface area contributed by atoms with Gasteiger partial charge in [0.1, 0.15) is 0 Å². The number of rotatable bonds is 4. The number of para-hydroxylation sites is 1. The molecule has 0 amide bonds. The Morgan fingerprint density at radius 3 is 1.85 bits per heavy atom. The van der Waals surface area contributed by atoms with Gasteiger partial charge < -0.3 is 4.90 Å². The molecule has 0 bridgehead atoms. The van der Waals surface area contributed by atoms with E-state index in [0.29, 0.717) is 0 Å². The summed E-state index contributed by atoms with van der Waals surface area (Å²) in [5.41, 5.74) is 5.91. The van der Waals surface area contributed by atoms with Crippen LogP contribution in [0, 0.1) is 0 Å². The van der Waals surface area contributed by atoms with Crippen LogP contribution in [-0.2, 0) is 0 Å². The van der Waals surface area contributed by atoms with Crippen LogP contribution in [0.5, 0.6) is 0 Å². The summed E-state index contributed by atoms with van der Waals surface area (Å²) in [7, 11) is 0. The topological polar surface area (TPSA) is 3.24 Å². The lowest BCUT2D eigenvalue weighted by atomic mass is 9.98. The highest BCUT2D eigenvalue weighted by Gasteiger charge is 2.18. The van der Waals surface area contributed by atoms with Gasteiger partial charge in [-0.2, -0.15) is 0 Å². The van der Waals surface area contributed by atoms with Gasteiger partial charge in [-0.05, 0) is 81.2 Å². The number of benzene rings is 8. The van der Waals surface area contributed by atoms with Crippen molar-refractivity contribution in [3.05, 3.63) is 164 Å². The van der Waals surface area contributed by atoms with Crippen LogP contribution in [0.25, 0.3) is 73.0 Å². The molecule has 0 spiro atoms. The van der Waals surface area contributed by atoms with E-state index in [-0.39, 0.29) is 0 Å². The number of thiophene rings is 2. The Kier molecular flexibility index (Phi) is 5.98. The first kappa shape index (κ1) is 26.7. The van der Waals surface area contributed by atoms with E-state index in [1.54, 1.807) is 0 Å². The quantitative estimate of drug-likeness (QED) is 0.186.